The lowest BCUT2D eigenvalue weighted by Crippen LogP contribution is -2.45. The largest absolute Gasteiger partial charge is 0.495 e. The van der Waals surface area contributed by atoms with Crippen LogP contribution in [0.5, 0.6) is 5.75 Å². The van der Waals surface area contributed by atoms with Crippen molar-refractivity contribution in [3.05, 3.63) is 58.1 Å². The molecule has 0 heterocycles. The van der Waals surface area contributed by atoms with Gasteiger partial charge in [0.15, 0.2) is 5.78 Å². The molecular weight excluding hydrogens is 476 g/mol. The lowest BCUT2D eigenvalue weighted by molar-refractivity contribution is -0.118. The van der Waals surface area contributed by atoms with Crippen molar-refractivity contribution in [3.8, 4) is 5.75 Å². The van der Waals surface area contributed by atoms with E-state index in [0.717, 1.165) is 5.56 Å². The standard InChI is InChI=1S/C24H29BrN2O5/c1-5-21(28)17-12-18(25)22(31-4)13-19(17)26-23(29)20(11-15(2)3)27-24(30)32-14-16-9-7-6-8-10-16/h6-10,12-13,15,20H,5,11,14H2,1-4H3,(H,26,29)(H,27,30). The first-order chi connectivity index (χ1) is 15.2. The minimum Gasteiger partial charge on any atom is -0.495 e. The zero-order chi connectivity index (χ0) is 23.7. The third-order valence-corrected chi connectivity index (χ3v) is 5.32. The molecule has 0 aromatic heterocycles. The Balaban J connectivity index is 2.17. The molecule has 8 heteroatoms. The monoisotopic (exact) mass is 504 g/mol. The molecule has 0 radical (unpaired) electrons. The summed E-state index contributed by atoms with van der Waals surface area (Å²) in [6.07, 6.45) is -0.00845. The number of ether oxygens (including phenoxy) is 2. The van der Waals surface area contributed by atoms with Crippen LogP contribution in [-0.4, -0.2) is 30.9 Å². The maximum atomic E-state index is 13.1. The van der Waals surface area contributed by atoms with E-state index < -0.39 is 18.0 Å². The molecule has 2 N–H and O–H groups in total. The zero-order valence-corrected chi connectivity index (χ0v) is 20.3. The Bertz CT molecular complexity index is 947. The van der Waals surface area contributed by atoms with Gasteiger partial charge in [-0.1, -0.05) is 51.1 Å². The predicted molar refractivity (Wildman–Crippen MR) is 127 cm³/mol. The number of hydrogen-bond donors (Lipinski definition) is 2. The summed E-state index contributed by atoms with van der Waals surface area (Å²) in [5, 5.41) is 5.42. The summed E-state index contributed by atoms with van der Waals surface area (Å²) in [7, 11) is 1.50. The van der Waals surface area contributed by atoms with E-state index in [1.807, 2.05) is 44.2 Å². The lowest BCUT2D eigenvalue weighted by Gasteiger charge is -2.21. The molecule has 0 fully saturated rings. The molecule has 0 aliphatic rings. The van der Waals surface area contributed by atoms with Crippen molar-refractivity contribution in [3.63, 3.8) is 0 Å². The van der Waals surface area contributed by atoms with E-state index in [2.05, 4.69) is 26.6 Å². The molecule has 172 valence electrons. The van der Waals surface area contributed by atoms with E-state index >= 15 is 0 Å². The summed E-state index contributed by atoms with van der Waals surface area (Å²) in [4.78, 5) is 37.8. The van der Waals surface area contributed by atoms with Crippen LogP contribution in [0, 0.1) is 5.92 Å². The normalized spacial score (nSPS) is 11.6. The van der Waals surface area contributed by atoms with Gasteiger partial charge in [-0.3, -0.25) is 9.59 Å². The summed E-state index contributed by atoms with van der Waals surface area (Å²) >= 11 is 3.37. The highest BCUT2D eigenvalue weighted by Crippen LogP contribution is 2.32. The fourth-order valence-corrected chi connectivity index (χ4v) is 3.57. The summed E-state index contributed by atoms with van der Waals surface area (Å²) in [6, 6.07) is 11.7. The van der Waals surface area contributed by atoms with E-state index in [-0.39, 0.29) is 24.7 Å². The van der Waals surface area contributed by atoms with Gasteiger partial charge in [0.1, 0.15) is 18.4 Å². The molecule has 2 aromatic rings. The minimum absolute atomic E-state index is 0.0990. The first-order valence-corrected chi connectivity index (χ1v) is 11.2. The Morgan fingerprint density at radius 2 is 1.78 bits per heavy atom. The van der Waals surface area contributed by atoms with Crippen LogP contribution in [0.2, 0.25) is 0 Å². The van der Waals surface area contributed by atoms with Gasteiger partial charge >= 0.3 is 6.09 Å². The number of benzene rings is 2. The number of amides is 2. The number of alkyl carbamates (subject to hydrolysis) is 1. The van der Waals surface area contributed by atoms with Crippen molar-refractivity contribution in [2.75, 3.05) is 12.4 Å². The highest BCUT2D eigenvalue weighted by molar-refractivity contribution is 9.10. The van der Waals surface area contributed by atoms with Crippen LogP contribution in [0.1, 0.15) is 49.5 Å². The molecule has 1 unspecified atom stereocenters. The van der Waals surface area contributed by atoms with Gasteiger partial charge in [-0.05, 0) is 39.9 Å². The van der Waals surface area contributed by atoms with Crippen molar-refractivity contribution < 1.29 is 23.9 Å². The molecule has 32 heavy (non-hydrogen) atoms. The second-order valence-corrected chi connectivity index (χ2v) is 8.54. The van der Waals surface area contributed by atoms with Crippen molar-refractivity contribution in [1.29, 1.82) is 0 Å². The van der Waals surface area contributed by atoms with Crippen molar-refractivity contribution >= 4 is 39.4 Å². The van der Waals surface area contributed by atoms with Gasteiger partial charge in [0.05, 0.1) is 17.3 Å². The van der Waals surface area contributed by atoms with Gasteiger partial charge in [-0.2, -0.15) is 0 Å². The molecule has 2 rings (SSSR count). The lowest BCUT2D eigenvalue weighted by atomic mass is 10.0. The number of Topliss-reactive ketones (excluding diaryl/α,β-unsaturated/α-hetero) is 1. The Labute approximate surface area is 197 Å². The molecule has 2 aromatic carbocycles. The van der Waals surface area contributed by atoms with Crippen LogP contribution < -0.4 is 15.4 Å². The van der Waals surface area contributed by atoms with E-state index in [0.29, 0.717) is 27.9 Å². The Morgan fingerprint density at radius 1 is 1.09 bits per heavy atom. The maximum Gasteiger partial charge on any atom is 0.408 e. The van der Waals surface area contributed by atoms with Crippen molar-refractivity contribution in [1.82, 2.24) is 5.32 Å². The minimum atomic E-state index is -0.836. The van der Waals surface area contributed by atoms with Gasteiger partial charge in [-0.15, -0.1) is 0 Å². The van der Waals surface area contributed by atoms with Crippen molar-refractivity contribution in [2.45, 2.75) is 46.3 Å². The average Bonchev–Trinajstić information content (AvgIpc) is 2.77. The number of anilines is 1. The van der Waals surface area contributed by atoms with Crippen LogP contribution in [0.15, 0.2) is 46.9 Å². The molecular formula is C24H29BrN2O5. The number of carbonyl (C=O) groups excluding carboxylic acids is 3. The van der Waals surface area contributed by atoms with Crippen LogP contribution in [0.25, 0.3) is 0 Å². The van der Waals surface area contributed by atoms with Gasteiger partial charge in [0.25, 0.3) is 0 Å². The Morgan fingerprint density at radius 3 is 2.38 bits per heavy atom. The summed E-state index contributed by atoms with van der Waals surface area (Å²) < 4.78 is 11.2. The number of methoxy groups -OCH3 is 1. The summed E-state index contributed by atoms with van der Waals surface area (Å²) in [5.74, 6) is 0.0455. The predicted octanol–water partition coefficient (Wildman–Crippen LogP) is 5.33. The summed E-state index contributed by atoms with van der Waals surface area (Å²) in [5.41, 5.74) is 1.54. The second kappa shape index (κ2) is 12.2. The smallest absolute Gasteiger partial charge is 0.408 e. The number of nitrogens with one attached hydrogen (secondary N) is 2. The van der Waals surface area contributed by atoms with Gasteiger partial charge in [0.2, 0.25) is 5.91 Å². The van der Waals surface area contributed by atoms with E-state index in [4.69, 9.17) is 9.47 Å². The number of rotatable bonds is 10. The quantitative estimate of drug-likeness (QED) is 0.426. The second-order valence-electron chi connectivity index (χ2n) is 7.69. The molecule has 0 aliphatic carbocycles. The topological polar surface area (TPSA) is 93.7 Å². The fraction of sp³-hybridized carbons (Fsp3) is 0.375. The van der Waals surface area contributed by atoms with Crippen LogP contribution in [0.3, 0.4) is 0 Å². The number of hydrogen-bond acceptors (Lipinski definition) is 5. The number of halogens is 1. The summed E-state index contributed by atoms with van der Waals surface area (Å²) in [6.45, 7) is 5.75. The Hall–Kier alpha value is -2.87. The number of ketones is 1. The first-order valence-electron chi connectivity index (χ1n) is 10.4. The molecule has 2 amide bonds. The third kappa shape index (κ3) is 7.37. The number of carbonyl (C=O) groups is 3. The highest BCUT2D eigenvalue weighted by atomic mass is 79.9. The van der Waals surface area contributed by atoms with Gasteiger partial charge < -0.3 is 20.1 Å². The maximum absolute atomic E-state index is 13.1. The molecule has 0 bridgehead atoms. The first kappa shape index (κ1) is 25.4. The van der Waals surface area contributed by atoms with Crippen molar-refractivity contribution in [2.24, 2.45) is 5.92 Å². The molecule has 0 saturated carbocycles. The van der Waals surface area contributed by atoms with Crippen LogP contribution >= 0.6 is 15.9 Å². The Kier molecular flexibility index (Phi) is 9.71. The van der Waals surface area contributed by atoms with E-state index in [1.165, 1.54) is 7.11 Å². The molecule has 0 aliphatic heterocycles. The van der Waals surface area contributed by atoms with Crippen LogP contribution in [0.4, 0.5) is 10.5 Å². The highest BCUT2D eigenvalue weighted by Gasteiger charge is 2.25. The molecule has 0 saturated heterocycles. The molecule has 1 atom stereocenters. The SMILES string of the molecule is CCC(=O)c1cc(Br)c(OC)cc1NC(=O)C(CC(C)C)NC(=O)OCc1ccccc1. The average molecular weight is 505 g/mol. The van der Waals surface area contributed by atoms with E-state index in [1.54, 1.807) is 19.1 Å². The zero-order valence-electron chi connectivity index (χ0n) is 18.7. The van der Waals surface area contributed by atoms with Gasteiger partial charge in [-0.25, -0.2) is 4.79 Å². The van der Waals surface area contributed by atoms with Gasteiger partial charge in [0, 0.05) is 18.1 Å². The molecule has 7 nitrogen and oxygen atoms in total. The van der Waals surface area contributed by atoms with E-state index in [9.17, 15) is 14.4 Å². The third-order valence-electron chi connectivity index (χ3n) is 4.70. The molecule has 0 spiro atoms. The van der Waals surface area contributed by atoms with Crippen LogP contribution in [-0.2, 0) is 16.1 Å². The fourth-order valence-electron chi connectivity index (χ4n) is 3.06.